The zero-order valence-electron chi connectivity index (χ0n) is 16.6. The Labute approximate surface area is 181 Å². The van der Waals surface area contributed by atoms with Crippen LogP contribution in [0.5, 0.6) is 11.6 Å². The van der Waals surface area contributed by atoms with Crippen molar-refractivity contribution < 1.29 is 14.6 Å². The highest BCUT2D eigenvalue weighted by Crippen LogP contribution is 2.32. The van der Waals surface area contributed by atoms with Gasteiger partial charge in [-0.1, -0.05) is 30.3 Å². The summed E-state index contributed by atoms with van der Waals surface area (Å²) < 4.78 is 6.49. The minimum Gasteiger partial charge on any atom is -0.503 e. The molecule has 1 amide bonds. The number of aromatic nitrogens is 4. The number of ether oxygens (including phenoxy) is 1. The van der Waals surface area contributed by atoms with Gasteiger partial charge >= 0.3 is 6.09 Å². The van der Waals surface area contributed by atoms with Gasteiger partial charge in [0.2, 0.25) is 0 Å². The van der Waals surface area contributed by atoms with Crippen molar-refractivity contribution in [3.63, 3.8) is 0 Å². The van der Waals surface area contributed by atoms with Crippen LogP contribution >= 0.6 is 0 Å². The topological polar surface area (TPSA) is 143 Å². The van der Waals surface area contributed by atoms with E-state index in [1.165, 1.54) is 29.2 Å². The molecule has 0 spiro atoms. The van der Waals surface area contributed by atoms with Gasteiger partial charge in [-0.15, -0.1) is 0 Å². The fourth-order valence-electron chi connectivity index (χ4n) is 3.10. The molecule has 3 aromatic heterocycles. The number of fused-ring (bicyclic) bond motifs is 1. The number of nitriles is 1. The normalized spacial score (nSPS) is 10.5. The number of amides is 1. The summed E-state index contributed by atoms with van der Waals surface area (Å²) >= 11 is 0. The highest BCUT2D eigenvalue weighted by Gasteiger charge is 2.20. The molecule has 1 aromatic carbocycles. The Balaban J connectivity index is 1.63. The van der Waals surface area contributed by atoms with Gasteiger partial charge in [0, 0.05) is 24.3 Å². The number of aromatic hydroxyl groups is 1. The van der Waals surface area contributed by atoms with E-state index in [2.05, 4.69) is 20.5 Å². The largest absolute Gasteiger partial charge is 0.503 e. The zero-order valence-corrected chi connectivity index (χ0v) is 16.6. The third kappa shape index (κ3) is 4.22. The molecule has 0 aliphatic carbocycles. The smallest absolute Gasteiger partial charge is 0.414 e. The van der Waals surface area contributed by atoms with Crippen LogP contribution in [0.1, 0.15) is 16.8 Å². The lowest BCUT2D eigenvalue weighted by Crippen LogP contribution is -2.27. The lowest BCUT2D eigenvalue weighted by Gasteiger charge is -2.12. The number of rotatable bonds is 5. The number of nitrogens with zero attached hydrogens (tertiary/aromatic N) is 5. The summed E-state index contributed by atoms with van der Waals surface area (Å²) in [5.41, 5.74) is 0.827. The first-order valence-corrected chi connectivity index (χ1v) is 9.48. The minimum absolute atomic E-state index is 0.0564. The number of pyridine rings is 2. The van der Waals surface area contributed by atoms with E-state index < -0.39 is 23.3 Å². The molecule has 0 aliphatic rings. The summed E-state index contributed by atoms with van der Waals surface area (Å²) in [6.07, 6.45) is 3.55. The highest BCUT2D eigenvalue weighted by atomic mass is 16.6. The number of benzene rings is 1. The van der Waals surface area contributed by atoms with Crippen molar-refractivity contribution in [3.8, 4) is 17.7 Å². The van der Waals surface area contributed by atoms with E-state index in [4.69, 9.17) is 4.74 Å². The average molecular weight is 428 g/mol. The second-order valence-corrected chi connectivity index (χ2v) is 6.74. The van der Waals surface area contributed by atoms with Crippen LogP contribution in [0.3, 0.4) is 0 Å². The molecule has 0 bridgehead atoms. The Kier molecular flexibility index (Phi) is 5.72. The Bertz CT molecular complexity index is 1380. The predicted molar refractivity (Wildman–Crippen MR) is 113 cm³/mol. The zero-order chi connectivity index (χ0) is 22.5. The first-order valence-electron chi connectivity index (χ1n) is 9.48. The lowest BCUT2D eigenvalue weighted by molar-refractivity contribution is 0.196. The van der Waals surface area contributed by atoms with Crippen LogP contribution < -0.4 is 15.6 Å². The Morgan fingerprint density at radius 2 is 1.97 bits per heavy atom. The molecule has 2 N–H and O–H groups in total. The van der Waals surface area contributed by atoms with Crippen molar-refractivity contribution in [1.29, 1.82) is 5.26 Å². The maximum absolute atomic E-state index is 13.0. The van der Waals surface area contributed by atoms with E-state index in [-0.39, 0.29) is 29.6 Å². The molecule has 0 saturated carbocycles. The van der Waals surface area contributed by atoms with Gasteiger partial charge in [0.15, 0.2) is 11.4 Å². The van der Waals surface area contributed by atoms with Crippen LogP contribution in [-0.4, -0.2) is 30.9 Å². The molecule has 10 heteroatoms. The fraction of sp³-hybridized carbons (Fsp3) is 0.0909. The lowest BCUT2D eigenvalue weighted by atomic mass is 10.1. The second-order valence-electron chi connectivity index (χ2n) is 6.74. The maximum atomic E-state index is 13.0. The van der Waals surface area contributed by atoms with Gasteiger partial charge in [-0.3, -0.25) is 4.79 Å². The molecule has 158 valence electrons. The average Bonchev–Trinajstić information content (AvgIpc) is 2.82. The van der Waals surface area contributed by atoms with Crippen molar-refractivity contribution in [2.24, 2.45) is 0 Å². The predicted octanol–water partition coefficient (Wildman–Crippen LogP) is 2.10. The molecule has 0 atom stereocenters. The Hall–Kier alpha value is -4.78. The summed E-state index contributed by atoms with van der Waals surface area (Å²) in [4.78, 5) is 29.0. The van der Waals surface area contributed by atoms with Crippen molar-refractivity contribution >= 4 is 16.9 Å². The van der Waals surface area contributed by atoms with Gasteiger partial charge in [0.1, 0.15) is 6.07 Å². The van der Waals surface area contributed by atoms with Crippen molar-refractivity contribution in [2.45, 2.75) is 13.1 Å². The summed E-state index contributed by atoms with van der Waals surface area (Å²) in [7, 11) is 0. The Morgan fingerprint density at radius 1 is 1.16 bits per heavy atom. The van der Waals surface area contributed by atoms with E-state index in [1.54, 1.807) is 6.07 Å². The third-order valence-corrected chi connectivity index (χ3v) is 4.65. The summed E-state index contributed by atoms with van der Waals surface area (Å²) in [5, 5.41) is 29.9. The second kappa shape index (κ2) is 8.93. The van der Waals surface area contributed by atoms with Gasteiger partial charge in [0.25, 0.3) is 11.4 Å². The SMILES string of the molecule is N#Cc1nc(OC(=O)NCc2ccnnc2)c(O)c2ccn(Cc3ccccc3)c(=O)c12. The Morgan fingerprint density at radius 3 is 2.69 bits per heavy atom. The molecule has 32 heavy (non-hydrogen) atoms. The fourth-order valence-corrected chi connectivity index (χ4v) is 3.10. The van der Waals surface area contributed by atoms with Crippen molar-refractivity contribution in [1.82, 2.24) is 25.1 Å². The van der Waals surface area contributed by atoms with E-state index in [1.807, 2.05) is 36.4 Å². The molecule has 0 aliphatic heterocycles. The van der Waals surface area contributed by atoms with Crippen LogP contribution in [0.2, 0.25) is 0 Å². The van der Waals surface area contributed by atoms with Crippen molar-refractivity contribution in [3.05, 3.63) is 88.2 Å². The summed E-state index contributed by atoms with van der Waals surface area (Å²) in [5.74, 6) is -0.983. The van der Waals surface area contributed by atoms with Gasteiger partial charge in [0.05, 0.1) is 18.1 Å². The van der Waals surface area contributed by atoms with Crippen LogP contribution in [0.15, 0.2) is 65.8 Å². The number of nitrogens with one attached hydrogen (secondary N) is 1. The van der Waals surface area contributed by atoms with Crippen LogP contribution in [0.4, 0.5) is 4.79 Å². The summed E-state index contributed by atoms with van der Waals surface area (Å²) in [6, 6.07) is 14.3. The highest BCUT2D eigenvalue weighted by molar-refractivity contribution is 5.92. The summed E-state index contributed by atoms with van der Waals surface area (Å²) in [6.45, 7) is 0.393. The van der Waals surface area contributed by atoms with Gasteiger partial charge in [-0.2, -0.15) is 20.4 Å². The molecule has 4 rings (SSSR count). The molecular formula is C22H16N6O4. The molecule has 3 heterocycles. The number of carbonyl (C=O) groups is 1. The molecule has 4 aromatic rings. The third-order valence-electron chi connectivity index (χ3n) is 4.65. The molecular weight excluding hydrogens is 412 g/mol. The standard InChI is InChI=1S/C22H16N6O4/c23-10-17-18-16(7-9-28(21(18)30)13-14-4-2-1-3-5-14)19(29)20(27-17)32-22(31)24-11-15-6-8-25-26-12-15/h1-9,12,29H,11,13H2,(H,24,31). The molecule has 0 fully saturated rings. The molecule has 0 radical (unpaired) electrons. The van der Waals surface area contributed by atoms with Gasteiger partial charge < -0.3 is 19.7 Å². The first kappa shape index (κ1) is 20.5. The van der Waals surface area contributed by atoms with Crippen LogP contribution in [0.25, 0.3) is 10.8 Å². The van der Waals surface area contributed by atoms with Gasteiger partial charge in [-0.25, -0.2) is 4.79 Å². The maximum Gasteiger partial charge on any atom is 0.414 e. The molecule has 0 unspecified atom stereocenters. The van der Waals surface area contributed by atoms with Crippen LogP contribution in [-0.2, 0) is 13.1 Å². The number of hydrogen-bond acceptors (Lipinski definition) is 8. The van der Waals surface area contributed by atoms with E-state index in [0.29, 0.717) is 5.56 Å². The van der Waals surface area contributed by atoms with E-state index in [9.17, 15) is 20.0 Å². The quantitative estimate of drug-likeness (QED) is 0.492. The van der Waals surface area contributed by atoms with Gasteiger partial charge in [-0.05, 0) is 23.3 Å². The van der Waals surface area contributed by atoms with E-state index in [0.717, 1.165) is 5.56 Å². The minimum atomic E-state index is -0.898. The monoisotopic (exact) mass is 428 g/mol. The first-order chi connectivity index (χ1) is 15.6. The van der Waals surface area contributed by atoms with Crippen molar-refractivity contribution in [2.75, 3.05) is 0 Å². The molecule has 0 saturated heterocycles. The number of hydrogen-bond donors (Lipinski definition) is 2. The van der Waals surface area contributed by atoms with Crippen LogP contribution in [0, 0.1) is 11.3 Å². The molecule has 10 nitrogen and oxygen atoms in total. The van der Waals surface area contributed by atoms with E-state index >= 15 is 0 Å². The number of carbonyl (C=O) groups excluding carboxylic acids is 1.